The molecule has 0 bridgehead atoms. The number of halogens is 4. The van der Waals surface area contributed by atoms with Gasteiger partial charge in [0.2, 0.25) is 11.4 Å². The Bertz CT molecular complexity index is 1300. The highest BCUT2D eigenvalue weighted by Gasteiger charge is 2.22. The van der Waals surface area contributed by atoms with E-state index in [-0.39, 0.29) is 12.2 Å². The highest BCUT2D eigenvalue weighted by Crippen LogP contribution is 2.29. The van der Waals surface area contributed by atoms with E-state index in [9.17, 15) is 17.3 Å². The van der Waals surface area contributed by atoms with E-state index in [0.717, 1.165) is 34.0 Å². The Morgan fingerprint density at radius 2 is 1.05 bits per heavy atom. The van der Waals surface area contributed by atoms with E-state index in [1.165, 1.54) is 11.3 Å². The lowest BCUT2D eigenvalue weighted by Gasteiger charge is -2.13. The third-order valence-corrected chi connectivity index (χ3v) is 5.35. The zero-order valence-corrected chi connectivity index (χ0v) is 22.2. The van der Waals surface area contributed by atoms with Crippen LogP contribution in [0.15, 0.2) is 91.0 Å². The van der Waals surface area contributed by atoms with Crippen molar-refractivity contribution in [3.63, 3.8) is 0 Å². The van der Waals surface area contributed by atoms with Gasteiger partial charge in [-0.25, -0.2) is 0 Å². The highest BCUT2D eigenvalue weighted by molar-refractivity contribution is 6.50. The molecule has 0 saturated heterocycles. The van der Waals surface area contributed by atoms with Crippen molar-refractivity contribution in [1.29, 1.82) is 0 Å². The molecule has 0 amide bonds. The molecule has 38 heavy (non-hydrogen) atoms. The van der Waals surface area contributed by atoms with Crippen molar-refractivity contribution in [1.82, 2.24) is 0 Å². The number of ether oxygens (including phenoxy) is 2. The molecule has 200 valence electrons. The molecule has 0 radical (unpaired) electrons. The number of benzene rings is 3. The van der Waals surface area contributed by atoms with Crippen LogP contribution in [0, 0.1) is 6.92 Å². The Morgan fingerprint density at radius 3 is 1.50 bits per heavy atom. The summed E-state index contributed by atoms with van der Waals surface area (Å²) in [5, 5.41) is 0. The van der Waals surface area contributed by atoms with Crippen molar-refractivity contribution in [2.24, 2.45) is 0 Å². The van der Waals surface area contributed by atoms with Gasteiger partial charge < -0.3 is 26.7 Å². The predicted molar refractivity (Wildman–Crippen MR) is 145 cm³/mol. The molecular formula is C30H32BF4NO2. The summed E-state index contributed by atoms with van der Waals surface area (Å²) in [5.74, 6) is 1.77. The molecule has 1 aromatic heterocycles. The maximum absolute atomic E-state index is 9.75. The van der Waals surface area contributed by atoms with E-state index in [1.54, 1.807) is 0 Å². The van der Waals surface area contributed by atoms with Gasteiger partial charge in [-0.05, 0) is 75.2 Å². The number of rotatable bonds is 7. The minimum absolute atomic E-state index is 0.151. The first kappa shape index (κ1) is 28.8. The monoisotopic (exact) mass is 525 g/mol. The van der Waals surface area contributed by atoms with Gasteiger partial charge in [-0.15, -0.1) is 0 Å². The molecule has 0 saturated carbocycles. The fourth-order valence-electron chi connectivity index (χ4n) is 4.01. The number of pyridine rings is 1. The Labute approximate surface area is 221 Å². The van der Waals surface area contributed by atoms with Crippen LogP contribution in [0.3, 0.4) is 0 Å². The highest BCUT2D eigenvalue weighted by atomic mass is 19.5. The number of para-hydroxylation sites is 1. The molecule has 3 aromatic carbocycles. The van der Waals surface area contributed by atoms with E-state index in [1.807, 2.05) is 58.0 Å². The minimum atomic E-state index is -6.00. The first-order valence-corrected chi connectivity index (χ1v) is 12.4. The van der Waals surface area contributed by atoms with Gasteiger partial charge in [-0.2, -0.15) is 4.57 Å². The van der Waals surface area contributed by atoms with E-state index >= 15 is 0 Å². The lowest BCUT2D eigenvalue weighted by molar-refractivity contribution is -0.591. The summed E-state index contributed by atoms with van der Waals surface area (Å²) in [7, 11) is -6.00. The minimum Gasteiger partial charge on any atom is -0.491 e. The summed E-state index contributed by atoms with van der Waals surface area (Å²) in [4.78, 5) is 0. The van der Waals surface area contributed by atoms with Crippen LogP contribution in [0.1, 0.15) is 33.4 Å². The van der Waals surface area contributed by atoms with Crippen molar-refractivity contribution < 1.29 is 31.3 Å². The first-order chi connectivity index (χ1) is 17.9. The summed E-state index contributed by atoms with van der Waals surface area (Å²) >= 11 is 0. The number of hydrogen-bond donors (Lipinski definition) is 0. The first-order valence-electron chi connectivity index (χ1n) is 12.4. The Kier molecular flexibility index (Phi) is 9.56. The van der Waals surface area contributed by atoms with Crippen LogP contribution in [0.2, 0.25) is 0 Å². The van der Waals surface area contributed by atoms with Crippen LogP contribution < -0.4 is 14.0 Å². The normalized spacial score (nSPS) is 11.2. The van der Waals surface area contributed by atoms with Gasteiger partial charge in [0.25, 0.3) is 0 Å². The average molecular weight is 525 g/mol. The van der Waals surface area contributed by atoms with Crippen molar-refractivity contribution in [3.05, 3.63) is 96.7 Å². The zero-order valence-electron chi connectivity index (χ0n) is 22.2. The lowest BCUT2D eigenvalue weighted by atomic mass is 10.0. The Morgan fingerprint density at radius 1 is 0.605 bits per heavy atom. The second-order valence-corrected chi connectivity index (χ2v) is 9.32. The second-order valence-electron chi connectivity index (χ2n) is 9.32. The van der Waals surface area contributed by atoms with Crippen molar-refractivity contribution in [3.8, 4) is 39.6 Å². The molecule has 1 heterocycles. The number of aromatic nitrogens is 1. The topological polar surface area (TPSA) is 22.3 Å². The Balaban J connectivity index is 0.000000732. The van der Waals surface area contributed by atoms with Gasteiger partial charge >= 0.3 is 7.25 Å². The molecule has 4 aromatic rings. The SMILES string of the molecule is Cc1cc(-c2ccc(OC(C)C)cc2)cc(-c2ccc(OC(C)C)cc2)[n+]1-c1ccccc1.F[B-](F)(F)F. The summed E-state index contributed by atoms with van der Waals surface area (Å²) in [5.41, 5.74) is 6.91. The fourth-order valence-corrected chi connectivity index (χ4v) is 4.01. The van der Waals surface area contributed by atoms with Crippen molar-refractivity contribution in [2.75, 3.05) is 0 Å². The average Bonchev–Trinajstić information content (AvgIpc) is 2.83. The van der Waals surface area contributed by atoms with Gasteiger partial charge in [0.05, 0.1) is 12.2 Å². The van der Waals surface area contributed by atoms with Crippen LogP contribution in [-0.4, -0.2) is 19.5 Å². The summed E-state index contributed by atoms with van der Waals surface area (Å²) in [6.07, 6.45) is 0.312. The summed E-state index contributed by atoms with van der Waals surface area (Å²) < 4.78 is 53.0. The summed E-state index contributed by atoms with van der Waals surface area (Å²) in [6.45, 7) is 10.3. The third kappa shape index (κ3) is 8.65. The van der Waals surface area contributed by atoms with Gasteiger partial charge in [0.1, 0.15) is 11.5 Å². The molecule has 0 aliphatic carbocycles. The molecule has 0 aliphatic rings. The van der Waals surface area contributed by atoms with Gasteiger partial charge in [-0.1, -0.05) is 30.3 Å². The molecule has 0 aliphatic heterocycles. The third-order valence-electron chi connectivity index (χ3n) is 5.35. The van der Waals surface area contributed by atoms with Crippen LogP contribution in [0.25, 0.3) is 28.1 Å². The lowest BCUT2D eigenvalue weighted by Crippen LogP contribution is -2.36. The second kappa shape index (κ2) is 12.6. The molecule has 0 unspecified atom stereocenters. The molecular weight excluding hydrogens is 493 g/mol. The van der Waals surface area contributed by atoms with Crippen LogP contribution >= 0.6 is 0 Å². The van der Waals surface area contributed by atoms with Gasteiger partial charge in [0, 0.05) is 36.8 Å². The zero-order chi connectivity index (χ0) is 27.9. The van der Waals surface area contributed by atoms with Crippen LogP contribution in [0.5, 0.6) is 11.5 Å². The van der Waals surface area contributed by atoms with E-state index in [0.29, 0.717) is 0 Å². The molecule has 0 fully saturated rings. The van der Waals surface area contributed by atoms with Gasteiger partial charge in [-0.3, -0.25) is 0 Å². The molecule has 8 heteroatoms. The molecule has 4 rings (SSSR count). The van der Waals surface area contributed by atoms with Crippen molar-refractivity contribution in [2.45, 2.75) is 46.8 Å². The quantitative estimate of drug-likeness (QED) is 0.137. The fraction of sp³-hybridized carbons (Fsp3) is 0.233. The van der Waals surface area contributed by atoms with E-state index in [4.69, 9.17) is 9.47 Å². The smallest absolute Gasteiger partial charge is 0.491 e. The van der Waals surface area contributed by atoms with Gasteiger partial charge in [0.15, 0.2) is 5.69 Å². The molecule has 3 nitrogen and oxygen atoms in total. The molecule has 0 spiro atoms. The van der Waals surface area contributed by atoms with Crippen LogP contribution in [0.4, 0.5) is 17.3 Å². The number of aryl methyl sites for hydroxylation is 1. The maximum Gasteiger partial charge on any atom is 0.673 e. The summed E-state index contributed by atoms with van der Waals surface area (Å²) in [6, 6.07) is 31.7. The van der Waals surface area contributed by atoms with E-state index in [2.05, 4.69) is 72.2 Å². The Hall–Kier alpha value is -3.81. The molecule has 0 N–H and O–H groups in total. The predicted octanol–water partition coefficient (Wildman–Crippen LogP) is 8.48. The largest absolute Gasteiger partial charge is 0.673 e. The van der Waals surface area contributed by atoms with Crippen molar-refractivity contribution >= 4 is 7.25 Å². The number of hydrogen-bond acceptors (Lipinski definition) is 2. The standard InChI is InChI=1S/C30H32NO2.BF4/c1-21(2)32-28-15-11-24(12-16-28)26-19-23(5)31(27-9-7-6-8-10-27)30(20-26)25-13-17-29(18-14-25)33-22(3)4;2-1(3,4)5/h6-22H,1-5H3;/q+1;-1. The van der Waals surface area contributed by atoms with E-state index < -0.39 is 7.25 Å². The molecule has 0 atom stereocenters. The number of nitrogens with zero attached hydrogens (tertiary/aromatic N) is 1. The maximum atomic E-state index is 9.75. The van der Waals surface area contributed by atoms with Crippen LogP contribution in [-0.2, 0) is 0 Å².